The number of hydrogen-bond acceptors (Lipinski definition) is 4. The molecule has 1 saturated heterocycles. The van der Waals surface area contributed by atoms with E-state index in [0.717, 1.165) is 11.1 Å². The summed E-state index contributed by atoms with van der Waals surface area (Å²) < 4.78 is 29.7. The molecule has 2 aromatic rings. The number of halogens is 1. The van der Waals surface area contributed by atoms with Gasteiger partial charge in [0.05, 0.1) is 17.6 Å². The Balaban J connectivity index is 1.57. The van der Waals surface area contributed by atoms with Gasteiger partial charge in [0.25, 0.3) is 0 Å². The molecule has 182 valence electrons. The summed E-state index contributed by atoms with van der Waals surface area (Å²) in [7, 11) is -3.90. The second-order valence-corrected chi connectivity index (χ2v) is 11.7. The van der Waals surface area contributed by atoms with Crippen LogP contribution in [0.4, 0.5) is 5.69 Å². The molecule has 2 atom stereocenters. The van der Waals surface area contributed by atoms with Gasteiger partial charge in [-0.3, -0.25) is 9.59 Å². The average molecular weight is 549 g/mol. The Labute approximate surface area is 209 Å². The van der Waals surface area contributed by atoms with E-state index >= 15 is 0 Å². The zero-order valence-corrected chi connectivity index (χ0v) is 21.9. The molecule has 0 spiro atoms. The van der Waals surface area contributed by atoms with E-state index in [2.05, 4.69) is 21.2 Å². The van der Waals surface area contributed by atoms with Gasteiger partial charge in [-0.2, -0.15) is 4.31 Å². The van der Waals surface area contributed by atoms with Crippen molar-refractivity contribution in [3.05, 3.63) is 58.1 Å². The van der Waals surface area contributed by atoms with Gasteiger partial charge in [-0.15, -0.1) is 0 Å². The van der Waals surface area contributed by atoms with E-state index in [-0.39, 0.29) is 29.3 Å². The van der Waals surface area contributed by atoms with Crippen LogP contribution in [-0.2, 0) is 26.0 Å². The molecule has 4 rings (SSSR count). The molecule has 7 nitrogen and oxygen atoms in total. The van der Waals surface area contributed by atoms with Crippen LogP contribution in [0.3, 0.4) is 0 Å². The van der Waals surface area contributed by atoms with Gasteiger partial charge in [0.2, 0.25) is 21.8 Å². The molecule has 2 aliphatic heterocycles. The number of fused-ring (bicyclic) bond motifs is 1. The van der Waals surface area contributed by atoms with Crippen molar-refractivity contribution in [3.8, 4) is 0 Å². The number of rotatable bonds is 6. The van der Waals surface area contributed by atoms with Gasteiger partial charge in [0.1, 0.15) is 4.90 Å². The molecular weight excluding hydrogens is 518 g/mol. The second-order valence-electron chi connectivity index (χ2n) is 8.90. The topological polar surface area (TPSA) is 86.8 Å². The molecule has 9 heteroatoms. The Morgan fingerprint density at radius 3 is 2.62 bits per heavy atom. The van der Waals surface area contributed by atoms with Crippen LogP contribution in [0.25, 0.3) is 0 Å². The van der Waals surface area contributed by atoms with Crippen LogP contribution in [0, 0.1) is 5.92 Å². The molecular formula is C25H30BrN3O4S. The Kier molecular flexibility index (Phi) is 7.45. The molecule has 1 N–H and O–H groups in total. The Bertz CT molecular complexity index is 1190. The van der Waals surface area contributed by atoms with Gasteiger partial charge in [-0.1, -0.05) is 53.2 Å². The highest BCUT2D eigenvalue weighted by molar-refractivity contribution is 9.10. The van der Waals surface area contributed by atoms with Crippen LogP contribution in [0.2, 0.25) is 0 Å². The molecule has 2 aromatic carbocycles. The van der Waals surface area contributed by atoms with E-state index in [1.165, 1.54) is 4.31 Å². The van der Waals surface area contributed by atoms with Crippen LogP contribution < -0.4 is 10.2 Å². The fourth-order valence-electron chi connectivity index (χ4n) is 4.78. The van der Waals surface area contributed by atoms with E-state index < -0.39 is 15.9 Å². The van der Waals surface area contributed by atoms with Gasteiger partial charge in [0, 0.05) is 30.5 Å². The van der Waals surface area contributed by atoms with E-state index in [1.54, 1.807) is 17.9 Å². The van der Waals surface area contributed by atoms with Gasteiger partial charge in [-0.25, -0.2) is 8.42 Å². The molecule has 2 heterocycles. The lowest BCUT2D eigenvalue weighted by molar-refractivity contribution is -0.126. The van der Waals surface area contributed by atoms with Gasteiger partial charge >= 0.3 is 0 Å². The molecule has 0 aliphatic carbocycles. The highest BCUT2D eigenvalue weighted by Gasteiger charge is 2.38. The Hall–Kier alpha value is -2.23. The van der Waals surface area contributed by atoms with Crippen molar-refractivity contribution < 1.29 is 18.0 Å². The van der Waals surface area contributed by atoms with Crippen LogP contribution in [-0.4, -0.2) is 44.2 Å². The lowest BCUT2D eigenvalue weighted by Crippen LogP contribution is -2.46. The highest BCUT2D eigenvalue weighted by atomic mass is 79.9. The summed E-state index contributed by atoms with van der Waals surface area (Å²) in [5.74, 6) is -0.662. The summed E-state index contributed by atoms with van der Waals surface area (Å²) in [6.45, 7) is 4.65. The molecule has 1 fully saturated rings. The minimum Gasteiger partial charge on any atom is -0.349 e. The summed E-state index contributed by atoms with van der Waals surface area (Å²) in [6, 6.07) is 13.0. The summed E-state index contributed by atoms with van der Waals surface area (Å²) in [5.41, 5.74) is 2.33. The zero-order valence-electron chi connectivity index (χ0n) is 19.5. The molecule has 0 unspecified atom stereocenters. The quantitative estimate of drug-likeness (QED) is 0.591. The first-order chi connectivity index (χ1) is 16.2. The number of anilines is 1. The van der Waals surface area contributed by atoms with Crippen LogP contribution >= 0.6 is 15.9 Å². The molecule has 0 bridgehead atoms. The summed E-state index contributed by atoms with van der Waals surface area (Å²) in [6.07, 6.45) is 2.16. The first kappa shape index (κ1) is 24.9. The van der Waals surface area contributed by atoms with E-state index in [9.17, 15) is 18.0 Å². The standard InChI is InChI=1S/C25H30BrN3O4S/c1-3-23(30)29-13-11-19-14-21(26)15-22(24(19)29)34(32,33)28-12-7-10-20(16-28)25(31)27-17(2)18-8-5-4-6-9-18/h4-6,8-9,14-15,17,20H,3,7,10-13,16H2,1-2H3,(H,27,31)/t17-,20-/m0/s1. The van der Waals surface area contributed by atoms with Gasteiger partial charge in [-0.05, 0) is 49.4 Å². The van der Waals surface area contributed by atoms with E-state index in [0.29, 0.717) is 48.9 Å². The SMILES string of the molecule is CCC(=O)N1CCc2cc(Br)cc(S(=O)(=O)N3CCC[C@H](C(=O)N[C@@H](C)c4ccccc4)C3)c21. The minimum atomic E-state index is -3.90. The summed E-state index contributed by atoms with van der Waals surface area (Å²) in [4.78, 5) is 27.3. The number of piperidine rings is 1. The monoisotopic (exact) mass is 547 g/mol. The van der Waals surface area contributed by atoms with Crippen molar-refractivity contribution in [3.63, 3.8) is 0 Å². The normalized spacial score (nSPS) is 19.5. The van der Waals surface area contributed by atoms with Crippen LogP contribution in [0.5, 0.6) is 0 Å². The fraction of sp³-hybridized carbons (Fsp3) is 0.440. The van der Waals surface area contributed by atoms with Gasteiger partial charge < -0.3 is 10.2 Å². The maximum atomic E-state index is 13.8. The average Bonchev–Trinajstić information content (AvgIpc) is 3.27. The molecule has 0 aromatic heterocycles. The first-order valence-corrected chi connectivity index (χ1v) is 13.9. The predicted octanol–water partition coefficient (Wildman–Crippen LogP) is 4.03. The maximum absolute atomic E-state index is 13.8. The second kappa shape index (κ2) is 10.2. The number of nitrogens with zero attached hydrogens (tertiary/aromatic N) is 2. The molecule has 2 aliphatic rings. The number of hydrogen-bond donors (Lipinski definition) is 1. The number of nitrogens with one attached hydrogen (secondary N) is 1. The molecule has 0 saturated carbocycles. The third-order valence-corrected chi connectivity index (χ3v) is 8.96. The number of carbonyl (C=O) groups excluding carboxylic acids is 2. The highest BCUT2D eigenvalue weighted by Crippen LogP contribution is 2.39. The number of sulfonamides is 1. The smallest absolute Gasteiger partial charge is 0.245 e. The van der Waals surface area contributed by atoms with Crippen LogP contribution in [0.1, 0.15) is 50.3 Å². The fourth-order valence-corrected chi connectivity index (χ4v) is 7.22. The lowest BCUT2D eigenvalue weighted by atomic mass is 9.98. The lowest BCUT2D eigenvalue weighted by Gasteiger charge is -2.33. The summed E-state index contributed by atoms with van der Waals surface area (Å²) >= 11 is 3.44. The molecule has 2 amide bonds. The minimum absolute atomic E-state index is 0.0941. The predicted molar refractivity (Wildman–Crippen MR) is 135 cm³/mol. The van der Waals surface area contributed by atoms with Gasteiger partial charge in [0.15, 0.2) is 0 Å². The Morgan fingerprint density at radius 1 is 1.18 bits per heavy atom. The van der Waals surface area contributed by atoms with Crippen molar-refractivity contribution in [2.45, 2.75) is 50.5 Å². The number of carbonyl (C=O) groups is 2. The van der Waals surface area contributed by atoms with Crippen molar-refractivity contribution in [2.24, 2.45) is 5.92 Å². The van der Waals surface area contributed by atoms with Crippen molar-refractivity contribution >= 4 is 43.5 Å². The maximum Gasteiger partial charge on any atom is 0.245 e. The largest absolute Gasteiger partial charge is 0.349 e. The number of benzene rings is 2. The number of amides is 2. The summed E-state index contributed by atoms with van der Waals surface area (Å²) in [5, 5.41) is 3.04. The van der Waals surface area contributed by atoms with Crippen molar-refractivity contribution in [1.82, 2.24) is 9.62 Å². The third kappa shape index (κ3) is 4.92. The van der Waals surface area contributed by atoms with E-state index in [4.69, 9.17) is 0 Å². The molecule has 34 heavy (non-hydrogen) atoms. The van der Waals surface area contributed by atoms with Crippen molar-refractivity contribution in [2.75, 3.05) is 24.5 Å². The zero-order chi connectivity index (χ0) is 24.5. The first-order valence-electron chi connectivity index (χ1n) is 11.7. The Morgan fingerprint density at radius 2 is 1.91 bits per heavy atom. The third-order valence-electron chi connectivity index (χ3n) is 6.63. The van der Waals surface area contributed by atoms with Crippen molar-refractivity contribution in [1.29, 1.82) is 0 Å². The van der Waals surface area contributed by atoms with E-state index in [1.807, 2.05) is 43.3 Å². The van der Waals surface area contributed by atoms with Crippen LogP contribution in [0.15, 0.2) is 51.8 Å². The molecule has 0 radical (unpaired) electrons.